The first-order valence-electron chi connectivity index (χ1n) is 6.07. The Kier molecular flexibility index (Phi) is 4.96. The normalized spacial score (nSPS) is 11.6. The van der Waals surface area contributed by atoms with Crippen LogP contribution in [0.15, 0.2) is 18.7 Å². The van der Waals surface area contributed by atoms with E-state index in [1.165, 1.54) is 29.8 Å². The van der Waals surface area contributed by atoms with Crippen molar-refractivity contribution in [3.05, 3.63) is 35.4 Å². The van der Waals surface area contributed by atoms with Gasteiger partial charge in [0.2, 0.25) is 0 Å². The first-order chi connectivity index (χ1) is 7.63. The van der Waals surface area contributed by atoms with E-state index in [-0.39, 0.29) is 9.68 Å². The highest BCUT2D eigenvalue weighted by Gasteiger charge is 2.08. The van der Waals surface area contributed by atoms with Crippen LogP contribution in [0, 0.1) is 13.8 Å². The molecular formula is C14H23NSi. The maximum atomic E-state index is 3.91. The summed E-state index contributed by atoms with van der Waals surface area (Å²) in [5.74, 6) is 0. The fourth-order valence-electron chi connectivity index (χ4n) is 2.08. The Hall–Kier alpha value is -0.863. The molecule has 0 spiro atoms. The van der Waals surface area contributed by atoms with E-state index in [0.29, 0.717) is 0 Å². The third-order valence-electron chi connectivity index (χ3n) is 3.34. The molecule has 0 aliphatic heterocycles. The summed E-state index contributed by atoms with van der Waals surface area (Å²) >= 11 is 0. The lowest BCUT2D eigenvalue weighted by molar-refractivity contribution is 0.498. The molecule has 0 atom stereocenters. The third-order valence-corrected chi connectivity index (χ3v) is 5.79. The molecule has 1 aromatic carbocycles. The van der Waals surface area contributed by atoms with Crippen molar-refractivity contribution in [3.8, 4) is 0 Å². The zero-order valence-corrected chi connectivity index (χ0v) is 12.4. The monoisotopic (exact) mass is 233 g/mol. The van der Waals surface area contributed by atoms with Crippen LogP contribution in [0.5, 0.6) is 0 Å². The zero-order valence-electron chi connectivity index (χ0n) is 11.0. The van der Waals surface area contributed by atoms with Gasteiger partial charge in [0, 0.05) is 0 Å². The van der Waals surface area contributed by atoms with Gasteiger partial charge in [-0.1, -0.05) is 38.6 Å². The van der Waals surface area contributed by atoms with Crippen molar-refractivity contribution in [2.45, 2.75) is 27.7 Å². The molecule has 0 aliphatic carbocycles. The smallest absolute Gasteiger partial charge is 0.127 e. The van der Waals surface area contributed by atoms with Crippen molar-refractivity contribution in [3.63, 3.8) is 0 Å². The van der Waals surface area contributed by atoms with Gasteiger partial charge >= 0.3 is 0 Å². The van der Waals surface area contributed by atoms with E-state index in [1.807, 2.05) is 6.08 Å². The summed E-state index contributed by atoms with van der Waals surface area (Å²) in [5, 5.41) is 1.56. The minimum atomic E-state index is -0.288. The van der Waals surface area contributed by atoms with Gasteiger partial charge < -0.3 is 4.57 Å². The Morgan fingerprint density at radius 1 is 1.25 bits per heavy atom. The molecule has 1 nitrogen and oxygen atoms in total. The average Bonchev–Trinajstić information content (AvgIpc) is 2.29. The largest absolute Gasteiger partial charge is 0.325 e. The van der Waals surface area contributed by atoms with Crippen LogP contribution in [-0.2, 0) is 0 Å². The quantitative estimate of drug-likeness (QED) is 0.703. The van der Waals surface area contributed by atoms with Crippen molar-refractivity contribution < 1.29 is 0 Å². The molecule has 16 heavy (non-hydrogen) atoms. The lowest BCUT2D eigenvalue weighted by Crippen LogP contribution is -2.37. The van der Waals surface area contributed by atoms with Gasteiger partial charge in [-0.15, -0.1) is 0 Å². The topological polar surface area (TPSA) is 3.24 Å². The number of rotatable bonds is 5. The predicted octanol–water partition coefficient (Wildman–Crippen LogP) is 2.00. The Morgan fingerprint density at radius 3 is 2.38 bits per heavy atom. The number of aryl methyl sites for hydroxylation is 1. The predicted molar refractivity (Wildman–Crippen MR) is 77.1 cm³/mol. The maximum absolute atomic E-state index is 3.91. The molecular weight excluding hydrogens is 210 g/mol. The average molecular weight is 233 g/mol. The first kappa shape index (κ1) is 13.2. The highest BCUT2D eigenvalue weighted by atomic mass is 28.2. The molecule has 88 valence electrons. The van der Waals surface area contributed by atoms with E-state index in [0.717, 1.165) is 0 Å². The number of hydrogen-bond acceptors (Lipinski definition) is 1. The van der Waals surface area contributed by atoms with Crippen molar-refractivity contribution in [2.24, 2.45) is 0 Å². The van der Waals surface area contributed by atoms with Gasteiger partial charge in [-0.2, -0.15) is 0 Å². The Bertz CT molecular complexity index is 367. The molecule has 0 saturated heterocycles. The van der Waals surface area contributed by atoms with Crippen LogP contribution in [0.2, 0.25) is 0 Å². The van der Waals surface area contributed by atoms with Crippen LogP contribution in [0.3, 0.4) is 0 Å². The lowest BCUT2D eigenvalue weighted by Gasteiger charge is -2.20. The van der Waals surface area contributed by atoms with E-state index in [4.69, 9.17) is 0 Å². The highest BCUT2D eigenvalue weighted by Crippen LogP contribution is 2.12. The summed E-state index contributed by atoms with van der Waals surface area (Å²) in [7, 11) is -0.288. The third kappa shape index (κ3) is 2.83. The molecule has 0 aliphatic rings. The van der Waals surface area contributed by atoms with Gasteiger partial charge in [0.05, 0.1) is 0 Å². The second kappa shape index (κ2) is 6.02. The van der Waals surface area contributed by atoms with Crippen molar-refractivity contribution in [1.82, 2.24) is 4.57 Å². The minimum absolute atomic E-state index is 0.288. The summed E-state index contributed by atoms with van der Waals surface area (Å²) in [6, 6.07) is 4.54. The number of benzene rings is 1. The maximum Gasteiger partial charge on any atom is 0.127 e. The molecule has 0 unspecified atom stereocenters. The Morgan fingerprint density at radius 2 is 1.88 bits per heavy atom. The summed E-state index contributed by atoms with van der Waals surface area (Å²) in [6.07, 6.45) is 1.99. The van der Waals surface area contributed by atoms with Crippen LogP contribution in [-0.4, -0.2) is 27.3 Å². The van der Waals surface area contributed by atoms with Gasteiger partial charge in [-0.25, -0.2) is 0 Å². The molecule has 1 aromatic rings. The standard InChI is InChI=1S/C14H23NSi/c1-6-13-11(4)9-10-14(12(13)5)16-15(7-2)8-3/h6,9-10H,1,7-8,16H2,2-5H3. The molecule has 0 amide bonds. The molecule has 0 radical (unpaired) electrons. The number of nitrogens with zero attached hydrogens (tertiary/aromatic N) is 1. The van der Waals surface area contributed by atoms with Gasteiger partial charge in [0.1, 0.15) is 9.68 Å². The molecule has 0 bridgehead atoms. The van der Waals surface area contributed by atoms with E-state index in [9.17, 15) is 0 Å². The van der Waals surface area contributed by atoms with Crippen molar-refractivity contribution in [2.75, 3.05) is 13.1 Å². The molecule has 0 N–H and O–H groups in total. The van der Waals surface area contributed by atoms with Crippen LogP contribution < -0.4 is 5.19 Å². The van der Waals surface area contributed by atoms with Crippen LogP contribution in [0.25, 0.3) is 6.08 Å². The van der Waals surface area contributed by atoms with Crippen LogP contribution in [0.1, 0.15) is 30.5 Å². The van der Waals surface area contributed by atoms with Gasteiger partial charge in [0.15, 0.2) is 0 Å². The molecule has 0 saturated carbocycles. The van der Waals surface area contributed by atoms with Crippen molar-refractivity contribution in [1.29, 1.82) is 0 Å². The molecule has 0 aromatic heterocycles. The summed E-state index contributed by atoms with van der Waals surface area (Å²) in [5.41, 5.74) is 4.11. The second-order valence-corrected chi connectivity index (χ2v) is 6.22. The summed E-state index contributed by atoms with van der Waals surface area (Å²) in [4.78, 5) is 0. The highest BCUT2D eigenvalue weighted by molar-refractivity contribution is 6.51. The number of hydrogen-bond donors (Lipinski definition) is 0. The minimum Gasteiger partial charge on any atom is -0.325 e. The second-order valence-electron chi connectivity index (χ2n) is 4.25. The SMILES string of the molecule is C=Cc1c(C)ccc([SiH2]N(CC)CC)c1C. The van der Waals surface area contributed by atoms with Gasteiger partial charge in [-0.05, 0) is 48.8 Å². The Labute approximate surface area is 102 Å². The molecule has 1 rings (SSSR count). The molecule has 2 heteroatoms. The van der Waals surface area contributed by atoms with Crippen LogP contribution >= 0.6 is 0 Å². The van der Waals surface area contributed by atoms with Gasteiger partial charge in [-0.3, -0.25) is 0 Å². The van der Waals surface area contributed by atoms with E-state index >= 15 is 0 Å². The van der Waals surface area contributed by atoms with E-state index in [1.54, 1.807) is 5.19 Å². The van der Waals surface area contributed by atoms with E-state index < -0.39 is 0 Å². The first-order valence-corrected chi connectivity index (χ1v) is 7.41. The van der Waals surface area contributed by atoms with E-state index in [2.05, 4.69) is 51.0 Å². The fourth-order valence-corrected chi connectivity index (χ4v) is 3.66. The van der Waals surface area contributed by atoms with Crippen LogP contribution in [0.4, 0.5) is 0 Å². The molecule has 0 heterocycles. The van der Waals surface area contributed by atoms with Gasteiger partial charge in [0.25, 0.3) is 0 Å². The fraction of sp³-hybridized carbons (Fsp3) is 0.429. The summed E-state index contributed by atoms with van der Waals surface area (Å²) in [6.45, 7) is 15.1. The van der Waals surface area contributed by atoms with Crippen molar-refractivity contribution >= 4 is 20.9 Å². The molecule has 0 fully saturated rings. The lowest BCUT2D eigenvalue weighted by atomic mass is 10.0. The Balaban J connectivity index is 3.01. The zero-order chi connectivity index (χ0) is 12.1. The summed E-state index contributed by atoms with van der Waals surface area (Å²) < 4.78 is 2.57.